The van der Waals surface area contributed by atoms with Crippen molar-refractivity contribution in [2.45, 2.75) is 25.4 Å². The molecule has 102 valence electrons. The van der Waals surface area contributed by atoms with Crippen molar-refractivity contribution in [1.82, 2.24) is 4.90 Å². The topological polar surface area (TPSA) is 66.6 Å². The summed E-state index contributed by atoms with van der Waals surface area (Å²) in [5.74, 6) is 0.176. The van der Waals surface area contributed by atoms with E-state index in [1.807, 2.05) is 36.5 Å². The van der Waals surface area contributed by atoms with Crippen molar-refractivity contribution in [3.05, 3.63) is 41.6 Å². The molecule has 19 heavy (non-hydrogen) atoms. The molecule has 0 bridgehead atoms. The summed E-state index contributed by atoms with van der Waals surface area (Å²) in [6, 6.07) is 7.67. The lowest BCUT2D eigenvalue weighted by Gasteiger charge is -2.11. The fourth-order valence-electron chi connectivity index (χ4n) is 2.20. The third kappa shape index (κ3) is 3.66. The first-order valence-corrected chi connectivity index (χ1v) is 6.66. The highest BCUT2D eigenvalue weighted by Gasteiger charge is 2.17. The van der Waals surface area contributed by atoms with Gasteiger partial charge in [-0.3, -0.25) is 4.79 Å². The third-order valence-electron chi connectivity index (χ3n) is 3.29. The van der Waals surface area contributed by atoms with E-state index in [1.54, 1.807) is 4.90 Å². The molecule has 1 aromatic rings. The number of benzene rings is 1. The molecule has 0 aliphatic carbocycles. The summed E-state index contributed by atoms with van der Waals surface area (Å²) in [7, 11) is 0. The molecule has 4 nitrogen and oxygen atoms in total. The predicted octanol–water partition coefficient (Wildman–Crippen LogP) is 1.66. The smallest absolute Gasteiger partial charge is 0.226 e. The number of nitrogens with two attached hydrogens (primary N) is 1. The van der Waals surface area contributed by atoms with Gasteiger partial charge in [0, 0.05) is 19.2 Å². The second-order valence-corrected chi connectivity index (χ2v) is 4.77. The minimum absolute atomic E-state index is 0.176. The Hall–Kier alpha value is -1.65. The van der Waals surface area contributed by atoms with E-state index in [-0.39, 0.29) is 5.91 Å². The van der Waals surface area contributed by atoms with Crippen LogP contribution in [0, 0.1) is 0 Å². The first kappa shape index (κ1) is 13.8. The van der Waals surface area contributed by atoms with Gasteiger partial charge in [0.05, 0.1) is 6.10 Å². The molecule has 2 rings (SSSR count). The molecule has 4 heteroatoms. The standard InChI is InChI=1S/C15H20N2O2/c16-8-6-14(18)13-4-1-3-12(11-13)7-10-17-9-2-5-15(17)19/h1,3-4,7,10-11,14,18H,2,5-6,8-9,16H2. The monoisotopic (exact) mass is 260 g/mol. The van der Waals surface area contributed by atoms with Gasteiger partial charge in [0.2, 0.25) is 5.91 Å². The number of carbonyl (C=O) groups excluding carboxylic acids is 1. The first-order valence-electron chi connectivity index (χ1n) is 6.66. The quantitative estimate of drug-likeness (QED) is 0.846. The predicted molar refractivity (Wildman–Crippen MR) is 75.1 cm³/mol. The Morgan fingerprint density at radius 3 is 3.00 bits per heavy atom. The second kappa shape index (κ2) is 6.50. The molecule has 0 aromatic heterocycles. The summed E-state index contributed by atoms with van der Waals surface area (Å²) >= 11 is 0. The largest absolute Gasteiger partial charge is 0.388 e. The van der Waals surface area contributed by atoms with Gasteiger partial charge in [-0.05, 0) is 42.7 Å². The van der Waals surface area contributed by atoms with Crippen molar-refractivity contribution in [3.8, 4) is 0 Å². The molecule has 3 N–H and O–H groups in total. The summed E-state index contributed by atoms with van der Waals surface area (Å²) in [5.41, 5.74) is 7.28. The zero-order chi connectivity index (χ0) is 13.7. The number of aliphatic hydroxyl groups is 1. The van der Waals surface area contributed by atoms with Crippen LogP contribution in [0.15, 0.2) is 30.5 Å². The van der Waals surface area contributed by atoms with E-state index in [0.29, 0.717) is 19.4 Å². The highest BCUT2D eigenvalue weighted by atomic mass is 16.3. The SMILES string of the molecule is NCCC(O)c1cccc(C=CN2CCCC2=O)c1. The van der Waals surface area contributed by atoms with Crippen LogP contribution < -0.4 is 5.73 Å². The molecule has 1 fully saturated rings. The molecule has 1 aliphatic rings. The number of hydrogen-bond acceptors (Lipinski definition) is 3. The lowest BCUT2D eigenvalue weighted by Crippen LogP contribution is -2.17. The van der Waals surface area contributed by atoms with E-state index in [0.717, 1.165) is 24.1 Å². The minimum Gasteiger partial charge on any atom is -0.388 e. The lowest BCUT2D eigenvalue weighted by molar-refractivity contribution is -0.125. The van der Waals surface area contributed by atoms with Crippen molar-refractivity contribution >= 4 is 12.0 Å². The van der Waals surface area contributed by atoms with Gasteiger partial charge in [-0.15, -0.1) is 0 Å². The lowest BCUT2D eigenvalue weighted by atomic mass is 10.0. The van der Waals surface area contributed by atoms with Crippen LogP contribution in [-0.2, 0) is 4.79 Å². The third-order valence-corrected chi connectivity index (χ3v) is 3.29. The highest BCUT2D eigenvalue weighted by Crippen LogP contribution is 2.18. The summed E-state index contributed by atoms with van der Waals surface area (Å²) < 4.78 is 0. The van der Waals surface area contributed by atoms with Gasteiger partial charge < -0.3 is 15.7 Å². The Morgan fingerprint density at radius 2 is 2.32 bits per heavy atom. The van der Waals surface area contributed by atoms with Crippen LogP contribution in [0.2, 0.25) is 0 Å². The average Bonchev–Trinajstić information content (AvgIpc) is 2.82. The van der Waals surface area contributed by atoms with Crippen LogP contribution >= 0.6 is 0 Å². The molecule has 1 aliphatic heterocycles. The summed E-state index contributed by atoms with van der Waals surface area (Å²) in [4.78, 5) is 13.2. The fraction of sp³-hybridized carbons (Fsp3) is 0.400. The molecule has 0 spiro atoms. The van der Waals surface area contributed by atoms with Gasteiger partial charge in [0.1, 0.15) is 0 Å². The summed E-state index contributed by atoms with van der Waals surface area (Å²) in [6.07, 6.45) is 5.33. The van der Waals surface area contributed by atoms with E-state index in [9.17, 15) is 9.90 Å². The molecule has 0 radical (unpaired) electrons. The molecule has 1 unspecified atom stereocenters. The Bertz CT molecular complexity index is 471. The zero-order valence-corrected chi connectivity index (χ0v) is 11.0. The Kier molecular flexibility index (Phi) is 4.71. The van der Waals surface area contributed by atoms with Crippen molar-refractivity contribution in [1.29, 1.82) is 0 Å². The number of rotatable bonds is 5. The summed E-state index contributed by atoms with van der Waals surface area (Å²) in [5, 5.41) is 9.90. The van der Waals surface area contributed by atoms with Crippen LogP contribution in [0.5, 0.6) is 0 Å². The van der Waals surface area contributed by atoms with E-state index in [2.05, 4.69) is 0 Å². The van der Waals surface area contributed by atoms with Gasteiger partial charge in [-0.1, -0.05) is 18.2 Å². The van der Waals surface area contributed by atoms with E-state index in [4.69, 9.17) is 5.73 Å². The second-order valence-electron chi connectivity index (χ2n) is 4.77. The van der Waals surface area contributed by atoms with Crippen molar-refractivity contribution < 1.29 is 9.90 Å². The Balaban J connectivity index is 2.06. The molecule has 1 saturated heterocycles. The molecule has 1 atom stereocenters. The number of carbonyl (C=O) groups is 1. The molecule has 1 heterocycles. The van der Waals surface area contributed by atoms with Crippen LogP contribution in [0.4, 0.5) is 0 Å². The van der Waals surface area contributed by atoms with Gasteiger partial charge in [0.25, 0.3) is 0 Å². The van der Waals surface area contributed by atoms with Crippen LogP contribution in [0.3, 0.4) is 0 Å². The van der Waals surface area contributed by atoms with E-state index >= 15 is 0 Å². The number of likely N-dealkylation sites (tertiary alicyclic amines) is 1. The Labute approximate surface area is 113 Å². The average molecular weight is 260 g/mol. The molecule has 1 amide bonds. The molecule has 0 saturated carbocycles. The van der Waals surface area contributed by atoms with Crippen LogP contribution in [0.1, 0.15) is 36.5 Å². The van der Waals surface area contributed by atoms with Gasteiger partial charge >= 0.3 is 0 Å². The van der Waals surface area contributed by atoms with Crippen molar-refractivity contribution in [2.24, 2.45) is 5.73 Å². The van der Waals surface area contributed by atoms with Gasteiger partial charge in [-0.2, -0.15) is 0 Å². The minimum atomic E-state index is -0.522. The number of aliphatic hydroxyl groups excluding tert-OH is 1. The van der Waals surface area contributed by atoms with Crippen molar-refractivity contribution in [2.75, 3.05) is 13.1 Å². The van der Waals surface area contributed by atoms with Crippen LogP contribution in [0.25, 0.3) is 6.08 Å². The maximum Gasteiger partial charge on any atom is 0.226 e. The normalized spacial score (nSPS) is 17.4. The van der Waals surface area contributed by atoms with Crippen molar-refractivity contribution in [3.63, 3.8) is 0 Å². The Morgan fingerprint density at radius 1 is 1.47 bits per heavy atom. The van der Waals surface area contributed by atoms with Crippen LogP contribution in [-0.4, -0.2) is 29.0 Å². The maximum atomic E-state index is 11.5. The van der Waals surface area contributed by atoms with E-state index in [1.165, 1.54) is 0 Å². The highest BCUT2D eigenvalue weighted by molar-refractivity contribution is 5.79. The maximum absolute atomic E-state index is 11.5. The zero-order valence-electron chi connectivity index (χ0n) is 11.0. The molecular weight excluding hydrogens is 240 g/mol. The fourth-order valence-corrected chi connectivity index (χ4v) is 2.20. The first-order chi connectivity index (χ1) is 9.20. The summed E-state index contributed by atoms with van der Waals surface area (Å²) in [6.45, 7) is 1.26. The number of hydrogen-bond donors (Lipinski definition) is 2. The molecular formula is C15H20N2O2. The molecule has 1 aromatic carbocycles. The number of amides is 1. The van der Waals surface area contributed by atoms with E-state index < -0.39 is 6.10 Å². The number of nitrogens with zero attached hydrogens (tertiary/aromatic N) is 1. The van der Waals surface area contributed by atoms with Gasteiger partial charge in [-0.25, -0.2) is 0 Å². The van der Waals surface area contributed by atoms with Gasteiger partial charge in [0.15, 0.2) is 0 Å².